The summed E-state index contributed by atoms with van der Waals surface area (Å²) in [4.78, 5) is 46.2. The van der Waals surface area contributed by atoms with Crippen LogP contribution in [-0.2, 0) is 32.8 Å². The molecule has 0 unspecified atom stereocenters. The highest BCUT2D eigenvalue weighted by molar-refractivity contribution is 7.33. The predicted molar refractivity (Wildman–Crippen MR) is 108 cm³/mol. The van der Waals surface area contributed by atoms with Gasteiger partial charge in [0.2, 0.25) is 23.6 Å². The third-order valence-corrected chi connectivity index (χ3v) is 4.20. The number of nitrogens with two attached hydrogens (primary N) is 2. The van der Waals surface area contributed by atoms with Crippen molar-refractivity contribution in [1.82, 2.24) is 9.80 Å². The minimum atomic E-state index is -1.79. The molecule has 0 aromatic rings. The number of rotatable bonds is 4. The zero-order valence-corrected chi connectivity index (χ0v) is 18.6. The van der Waals surface area contributed by atoms with Gasteiger partial charge in [0.25, 0.3) is 0 Å². The van der Waals surface area contributed by atoms with E-state index >= 15 is 0 Å². The van der Waals surface area contributed by atoms with Gasteiger partial charge in [0, 0.05) is 58.4 Å². The molecule has 168 valence electrons. The molecule has 1 fully saturated rings. The number of nitrogens with zero attached hydrogens (tertiary/aromatic N) is 2. The highest BCUT2D eigenvalue weighted by Gasteiger charge is 2.21. The Morgan fingerprint density at radius 2 is 1.03 bits per heavy atom. The molecular formula is C17H34N4O7P+. The molecule has 0 atom stereocenters. The second-order valence-electron chi connectivity index (χ2n) is 5.91. The molecule has 0 radical (unpaired) electrons. The Hall–Kier alpha value is -1.78. The van der Waals surface area contributed by atoms with Gasteiger partial charge in [-0.25, -0.2) is 0 Å². The van der Waals surface area contributed by atoms with Gasteiger partial charge in [0.05, 0.1) is 0 Å². The smallest absolute Gasteiger partial charge is 0.329 e. The largest absolute Gasteiger partial charge is 0.697 e. The molecular weight excluding hydrogens is 403 g/mol. The molecule has 1 aliphatic heterocycles. The molecule has 1 saturated heterocycles. The quantitative estimate of drug-likeness (QED) is 0.598. The Morgan fingerprint density at radius 1 is 0.724 bits per heavy atom. The van der Waals surface area contributed by atoms with Gasteiger partial charge in [-0.3, -0.25) is 29.0 Å². The number of carbonyl (C=O) groups excluding carboxylic acids is 4. The van der Waals surface area contributed by atoms with Crippen molar-refractivity contribution in [2.75, 3.05) is 39.4 Å². The van der Waals surface area contributed by atoms with E-state index in [9.17, 15) is 23.7 Å². The van der Waals surface area contributed by atoms with Crippen LogP contribution in [0.5, 0.6) is 0 Å². The Labute approximate surface area is 173 Å². The van der Waals surface area contributed by atoms with E-state index in [1.54, 1.807) is 0 Å². The summed E-state index contributed by atoms with van der Waals surface area (Å²) >= 11 is 0. The van der Waals surface area contributed by atoms with Crippen LogP contribution in [0.3, 0.4) is 0 Å². The first-order valence-electron chi connectivity index (χ1n) is 9.28. The van der Waals surface area contributed by atoms with Crippen molar-refractivity contribution < 1.29 is 32.8 Å². The molecule has 0 saturated carbocycles. The first-order chi connectivity index (χ1) is 13.6. The number of amides is 4. The van der Waals surface area contributed by atoms with Crippen LogP contribution in [0.1, 0.15) is 47.0 Å². The van der Waals surface area contributed by atoms with Crippen molar-refractivity contribution in [2.45, 2.75) is 47.0 Å². The standard InChI is InChI=1S/C10H16N2O4.C5H10O3P.C2H8N2/c1-7(13)11(8(2)14)5-6-12(9(3)15)10(4)16;6-9-7-4-2-1-3-5-8-9;3-1-2-4/h5-6H2,1-4H3;1-5H2;1-4H2/q;+1;. The maximum absolute atomic E-state index is 11.1. The molecule has 0 spiro atoms. The van der Waals surface area contributed by atoms with Crippen molar-refractivity contribution >= 4 is 31.9 Å². The number of carbonyl (C=O) groups is 4. The first-order valence-corrected chi connectivity index (χ1v) is 10.4. The highest BCUT2D eigenvalue weighted by Crippen LogP contribution is 2.26. The normalized spacial score (nSPS) is 13.4. The first kappa shape index (κ1) is 29.4. The van der Waals surface area contributed by atoms with Crippen LogP contribution < -0.4 is 11.5 Å². The van der Waals surface area contributed by atoms with E-state index in [0.29, 0.717) is 26.3 Å². The summed E-state index contributed by atoms with van der Waals surface area (Å²) in [5, 5.41) is 0. The van der Waals surface area contributed by atoms with E-state index in [-0.39, 0.29) is 13.1 Å². The van der Waals surface area contributed by atoms with E-state index in [0.717, 1.165) is 29.1 Å². The van der Waals surface area contributed by atoms with Crippen LogP contribution >= 0.6 is 8.25 Å². The van der Waals surface area contributed by atoms with E-state index < -0.39 is 31.9 Å². The summed E-state index contributed by atoms with van der Waals surface area (Å²) in [7, 11) is -1.79. The molecule has 4 N–H and O–H groups in total. The van der Waals surface area contributed by atoms with Crippen LogP contribution in [0.15, 0.2) is 0 Å². The minimum Gasteiger partial charge on any atom is -0.329 e. The van der Waals surface area contributed by atoms with Crippen LogP contribution in [0.25, 0.3) is 0 Å². The fourth-order valence-electron chi connectivity index (χ4n) is 1.97. The van der Waals surface area contributed by atoms with Crippen molar-refractivity contribution in [3.8, 4) is 0 Å². The molecule has 29 heavy (non-hydrogen) atoms. The van der Waals surface area contributed by atoms with Crippen molar-refractivity contribution in [1.29, 1.82) is 0 Å². The second kappa shape index (κ2) is 18.3. The lowest BCUT2D eigenvalue weighted by Gasteiger charge is -2.22. The molecule has 1 aliphatic rings. The average Bonchev–Trinajstić information content (AvgIpc) is 2.61. The Morgan fingerprint density at radius 3 is 1.28 bits per heavy atom. The Balaban J connectivity index is 0. The van der Waals surface area contributed by atoms with E-state index in [2.05, 4.69) is 0 Å². The maximum atomic E-state index is 11.1. The molecule has 12 heteroatoms. The van der Waals surface area contributed by atoms with Crippen LogP contribution in [0.4, 0.5) is 0 Å². The van der Waals surface area contributed by atoms with Crippen molar-refractivity contribution in [3.63, 3.8) is 0 Å². The summed E-state index contributed by atoms with van der Waals surface area (Å²) in [6.45, 7) is 7.44. The molecule has 0 bridgehead atoms. The zero-order chi connectivity index (χ0) is 22.8. The average molecular weight is 437 g/mol. The molecule has 1 heterocycles. The van der Waals surface area contributed by atoms with E-state index in [4.69, 9.17) is 20.5 Å². The number of hydrogen-bond donors (Lipinski definition) is 2. The minimum absolute atomic E-state index is 0.0316. The van der Waals surface area contributed by atoms with Crippen LogP contribution in [0.2, 0.25) is 0 Å². The number of imide groups is 2. The van der Waals surface area contributed by atoms with Crippen molar-refractivity contribution in [2.24, 2.45) is 11.5 Å². The molecule has 1 rings (SSSR count). The maximum Gasteiger partial charge on any atom is 0.697 e. The summed E-state index contributed by atoms with van der Waals surface area (Å²) < 4.78 is 20.1. The van der Waals surface area contributed by atoms with Gasteiger partial charge in [-0.05, 0) is 19.3 Å². The summed E-state index contributed by atoms with van der Waals surface area (Å²) in [5.74, 6) is -1.61. The molecule has 11 nitrogen and oxygen atoms in total. The lowest BCUT2D eigenvalue weighted by molar-refractivity contribution is -0.147. The SMILES string of the molecule is CC(=O)N(CCN(C(C)=O)C(C)=O)C(C)=O.NCCN.O=[P+]1OCCCCCO1. The summed E-state index contributed by atoms with van der Waals surface area (Å²) in [5.41, 5.74) is 9.81. The third kappa shape index (κ3) is 16.8. The molecule has 0 aliphatic carbocycles. The van der Waals surface area contributed by atoms with Gasteiger partial charge in [0.15, 0.2) is 0 Å². The van der Waals surface area contributed by atoms with E-state index in [1.807, 2.05) is 0 Å². The van der Waals surface area contributed by atoms with Gasteiger partial charge in [-0.15, -0.1) is 9.05 Å². The van der Waals surface area contributed by atoms with E-state index in [1.165, 1.54) is 27.7 Å². The third-order valence-electron chi connectivity index (χ3n) is 3.42. The van der Waals surface area contributed by atoms with Gasteiger partial charge in [-0.1, -0.05) is 0 Å². The Kier molecular flexibility index (Phi) is 18.5. The summed E-state index contributed by atoms with van der Waals surface area (Å²) in [6.07, 6.45) is 3.12. The fraction of sp³-hybridized carbons (Fsp3) is 0.765. The van der Waals surface area contributed by atoms with Crippen LogP contribution in [-0.4, -0.2) is 72.8 Å². The molecule has 0 aromatic heterocycles. The monoisotopic (exact) mass is 437 g/mol. The molecule has 0 aromatic carbocycles. The highest BCUT2D eigenvalue weighted by atomic mass is 31.1. The zero-order valence-electron chi connectivity index (χ0n) is 17.7. The van der Waals surface area contributed by atoms with Gasteiger partial charge < -0.3 is 11.5 Å². The van der Waals surface area contributed by atoms with Crippen LogP contribution in [0, 0.1) is 0 Å². The topological polar surface area (TPSA) is 162 Å². The lowest BCUT2D eigenvalue weighted by atomic mass is 10.2. The van der Waals surface area contributed by atoms with Gasteiger partial charge in [-0.2, -0.15) is 0 Å². The fourth-order valence-corrected chi connectivity index (χ4v) is 2.60. The summed E-state index contributed by atoms with van der Waals surface area (Å²) in [6, 6.07) is 0. The van der Waals surface area contributed by atoms with Crippen molar-refractivity contribution in [3.05, 3.63) is 0 Å². The van der Waals surface area contributed by atoms with Gasteiger partial charge >= 0.3 is 8.25 Å². The molecule has 4 amide bonds. The second-order valence-corrected chi connectivity index (χ2v) is 6.87. The lowest BCUT2D eigenvalue weighted by Crippen LogP contribution is -2.43. The van der Waals surface area contributed by atoms with Gasteiger partial charge in [0.1, 0.15) is 13.2 Å². The number of hydrogen-bond acceptors (Lipinski definition) is 9. The Bertz CT molecular complexity index is 474. The predicted octanol–water partition coefficient (Wildman–Crippen LogP) is 0.541.